The van der Waals surface area contributed by atoms with E-state index in [1.165, 1.54) is 11.8 Å². The van der Waals surface area contributed by atoms with Crippen molar-refractivity contribution in [2.24, 2.45) is 0 Å². The van der Waals surface area contributed by atoms with Crippen LogP contribution in [-0.4, -0.2) is 19.2 Å². The Labute approximate surface area is 106 Å². The highest BCUT2D eigenvalue weighted by Crippen LogP contribution is 2.10. The molecule has 4 nitrogen and oxygen atoms in total. The van der Waals surface area contributed by atoms with Gasteiger partial charge in [0.25, 0.3) is 0 Å². The predicted molar refractivity (Wildman–Crippen MR) is 68.1 cm³/mol. The Bertz CT molecular complexity index is 406. The van der Waals surface area contributed by atoms with Crippen molar-refractivity contribution in [1.82, 2.24) is 0 Å². The highest BCUT2D eigenvalue weighted by atomic mass is 16.5. The van der Waals surface area contributed by atoms with Gasteiger partial charge in [0.15, 0.2) is 0 Å². The number of benzene rings is 1. The molecule has 1 rings (SSSR count). The molecule has 1 aromatic carbocycles. The van der Waals surface area contributed by atoms with Crippen molar-refractivity contribution in [3.63, 3.8) is 0 Å². The number of carbonyl (C=O) groups is 1. The predicted octanol–water partition coefficient (Wildman–Crippen LogP) is 2.59. The van der Waals surface area contributed by atoms with Crippen LogP contribution in [0.3, 0.4) is 0 Å². The zero-order valence-corrected chi connectivity index (χ0v) is 10.3. The second kappa shape index (κ2) is 7.95. The SMILES string of the molecule is C=CC(=O)O/C=C/OCCOc1ccc(C)cc1. The average molecular weight is 248 g/mol. The number of hydrogen-bond acceptors (Lipinski definition) is 4. The maximum atomic E-state index is 10.6. The summed E-state index contributed by atoms with van der Waals surface area (Å²) in [5, 5.41) is 0. The number of rotatable bonds is 7. The van der Waals surface area contributed by atoms with Gasteiger partial charge in [0.1, 0.15) is 31.5 Å². The summed E-state index contributed by atoms with van der Waals surface area (Å²) in [5.41, 5.74) is 1.19. The summed E-state index contributed by atoms with van der Waals surface area (Å²) in [6.45, 7) is 6.07. The number of ether oxygens (including phenoxy) is 3. The maximum Gasteiger partial charge on any atom is 0.335 e. The van der Waals surface area contributed by atoms with E-state index in [0.29, 0.717) is 13.2 Å². The average Bonchev–Trinajstić information content (AvgIpc) is 2.39. The van der Waals surface area contributed by atoms with Crippen LogP contribution < -0.4 is 4.74 Å². The Hall–Kier alpha value is -2.23. The van der Waals surface area contributed by atoms with E-state index >= 15 is 0 Å². The number of aryl methyl sites for hydroxylation is 1. The van der Waals surface area contributed by atoms with E-state index in [1.54, 1.807) is 0 Å². The van der Waals surface area contributed by atoms with Gasteiger partial charge in [-0.05, 0) is 19.1 Å². The highest BCUT2D eigenvalue weighted by molar-refractivity contribution is 5.81. The maximum absolute atomic E-state index is 10.6. The molecule has 0 unspecified atom stereocenters. The summed E-state index contributed by atoms with van der Waals surface area (Å²) >= 11 is 0. The van der Waals surface area contributed by atoms with Gasteiger partial charge in [0.2, 0.25) is 0 Å². The van der Waals surface area contributed by atoms with Gasteiger partial charge in [-0.1, -0.05) is 24.3 Å². The van der Waals surface area contributed by atoms with Crippen LogP contribution in [0.5, 0.6) is 5.75 Å². The van der Waals surface area contributed by atoms with E-state index in [0.717, 1.165) is 18.1 Å². The Morgan fingerprint density at radius 2 is 1.94 bits per heavy atom. The summed E-state index contributed by atoms with van der Waals surface area (Å²) in [4.78, 5) is 10.6. The van der Waals surface area contributed by atoms with E-state index in [4.69, 9.17) is 9.47 Å². The quantitative estimate of drug-likeness (QED) is 0.322. The summed E-state index contributed by atoms with van der Waals surface area (Å²) in [5.74, 6) is 0.275. The first-order valence-corrected chi connectivity index (χ1v) is 5.51. The van der Waals surface area contributed by atoms with Crippen molar-refractivity contribution in [3.05, 3.63) is 55.0 Å². The Morgan fingerprint density at radius 3 is 2.61 bits per heavy atom. The summed E-state index contributed by atoms with van der Waals surface area (Å²) in [6, 6.07) is 7.75. The van der Waals surface area contributed by atoms with E-state index in [2.05, 4.69) is 11.3 Å². The molecule has 0 saturated carbocycles. The molecule has 0 bridgehead atoms. The van der Waals surface area contributed by atoms with Crippen LogP contribution in [0.15, 0.2) is 49.4 Å². The Kier molecular flexibility index (Phi) is 6.11. The molecule has 96 valence electrons. The van der Waals surface area contributed by atoms with E-state index < -0.39 is 5.97 Å². The molecule has 0 aromatic heterocycles. The van der Waals surface area contributed by atoms with E-state index in [1.807, 2.05) is 31.2 Å². The van der Waals surface area contributed by atoms with Crippen molar-refractivity contribution in [3.8, 4) is 5.75 Å². The number of hydrogen-bond donors (Lipinski definition) is 0. The van der Waals surface area contributed by atoms with Crippen LogP contribution in [0.25, 0.3) is 0 Å². The van der Waals surface area contributed by atoms with Crippen LogP contribution in [0, 0.1) is 6.92 Å². The van der Waals surface area contributed by atoms with Crippen molar-refractivity contribution >= 4 is 5.97 Å². The highest BCUT2D eigenvalue weighted by Gasteiger charge is 1.92. The first kappa shape index (κ1) is 13.8. The van der Waals surface area contributed by atoms with Crippen LogP contribution in [0.1, 0.15) is 5.56 Å². The third-order valence-corrected chi connectivity index (χ3v) is 1.99. The molecule has 1 aromatic rings. The van der Waals surface area contributed by atoms with Gasteiger partial charge in [0, 0.05) is 6.08 Å². The van der Waals surface area contributed by atoms with Gasteiger partial charge in [-0.3, -0.25) is 0 Å². The third kappa shape index (κ3) is 5.75. The fraction of sp³-hybridized carbons (Fsp3) is 0.214. The van der Waals surface area contributed by atoms with Gasteiger partial charge in [-0.2, -0.15) is 0 Å². The molecule has 0 atom stereocenters. The summed E-state index contributed by atoms with van der Waals surface area (Å²) in [6.07, 6.45) is 3.53. The summed E-state index contributed by atoms with van der Waals surface area (Å²) in [7, 11) is 0. The lowest BCUT2D eigenvalue weighted by Gasteiger charge is -2.05. The molecule has 0 aliphatic carbocycles. The van der Waals surface area contributed by atoms with E-state index in [-0.39, 0.29) is 0 Å². The second-order valence-corrected chi connectivity index (χ2v) is 3.45. The van der Waals surface area contributed by atoms with Gasteiger partial charge in [0.05, 0.1) is 0 Å². The molecule has 0 fully saturated rings. The molecule has 0 radical (unpaired) electrons. The van der Waals surface area contributed by atoms with E-state index in [9.17, 15) is 4.79 Å². The minimum atomic E-state index is -0.522. The summed E-state index contributed by atoms with van der Waals surface area (Å²) < 4.78 is 15.0. The van der Waals surface area contributed by atoms with Gasteiger partial charge in [-0.15, -0.1) is 0 Å². The normalized spacial score (nSPS) is 10.1. The lowest BCUT2D eigenvalue weighted by atomic mass is 10.2. The van der Waals surface area contributed by atoms with Gasteiger partial charge in [-0.25, -0.2) is 4.79 Å². The topological polar surface area (TPSA) is 44.8 Å². The minimum Gasteiger partial charge on any atom is -0.494 e. The minimum absolute atomic E-state index is 0.371. The number of esters is 1. The van der Waals surface area contributed by atoms with Crippen molar-refractivity contribution in [1.29, 1.82) is 0 Å². The molecule has 0 heterocycles. The van der Waals surface area contributed by atoms with Gasteiger partial charge >= 0.3 is 5.97 Å². The molecule has 0 aliphatic rings. The molecule has 4 heteroatoms. The lowest BCUT2D eigenvalue weighted by Crippen LogP contribution is -2.04. The molecule has 0 aliphatic heterocycles. The fourth-order valence-electron chi connectivity index (χ4n) is 1.09. The molecule has 0 amide bonds. The van der Waals surface area contributed by atoms with Crippen LogP contribution in [0.4, 0.5) is 0 Å². The number of carbonyl (C=O) groups excluding carboxylic acids is 1. The van der Waals surface area contributed by atoms with Gasteiger partial charge < -0.3 is 14.2 Å². The van der Waals surface area contributed by atoms with Crippen molar-refractivity contribution < 1.29 is 19.0 Å². The molecule has 0 spiro atoms. The monoisotopic (exact) mass is 248 g/mol. The zero-order valence-electron chi connectivity index (χ0n) is 10.3. The second-order valence-electron chi connectivity index (χ2n) is 3.45. The Balaban J connectivity index is 2.10. The van der Waals surface area contributed by atoms with Crippen molar-refractivity contribution in [2.75, 3.05) is 13.2 Å². The standard InChI is InChI=1S/C14H16O4/c1-3-14(15)18-11-9-16-8-10-17-13-6-4-12(2)5-7-13/h3-7,9,11H,1,8,10H2,2H3/b11-9+. The molecule has 18 heavy (non-hydrogen) atoms. The first-order valence-electron chi connectivity index (χ1n) is 5.51. The molecular weight excluding hydrogens is 232 g/mol. The molecule has 0 N–H and O–H groups in total. The first-order chi connectivity index (χ1) is 8.72. The zero-order chi connectivity index (χ0) is 13.2. The lowest BCUT2D eigenvalue weighted by molar-refractivity contribution is -0.132. The van der Waals surface area contributed by atoms with Crippen molar-refractivity contribution in [2.45, 2.75) is 6.92 Å². The van der Waals surface area contributed by atoms with Crippen LogP contribution in [0.2, 0.25) is 0 Å². The smallest absolute Gasteiger partial charge is 0.335 e. The Morgan fingerprint density at radius 1 is 1.22 bits per heavy atom. The molecular formula is C14H16O4. The van der Waals surface area contributed by atoms with Crippen LogP contribution >= 0.6 is 0 Å². The largest absolute Gasteiger partial charge is 0.494 e. The third-order valence-electron chi connectivity index (χ3n) is 1.99. The van der Waals surface area contributed by atoms with Crippen LogP contribution in [-0.2, 0) is 14.3 Å². The fourth-order valence-corrected chi connectivity index (χ4v) is 1.09. The molecule has 0 saturated heterocycles.